The Morgan fingerprint density at radius 2 is 2.27 bits per heavy atom. The van der Waals surface area contributed by atoms with E-state index in [-0.39, 0.29) is 29.3 Å². The van der Waals surface area contributed by atoms with Crippen molar-refractivity contribution in [2.24, 2.45) is 17.3 Å². The van der Waals surface area contributed by atoms with Gasteiger partial charge in [0.05, 0.1) is 6.42 Å². The second-order valence-electron chi connectivity index (χ2n) is 5.28. The molecule has 0 aromatic carbocycles. The lowest BCUT2D eigenvalue weighted by molar-refractivity contribution is -0.164. The highest BCUT2D eigenvalue weighted by Crippen LogP contribution is 2.57. The molecule has 0 N–H and O–H groups in total. The number of hydrogen-bond acceptors (Lipinski definition) is 3. The van der Waals surface area contributed by atoms with Gasteiger partial charge in [-0.25, -0.2) is 0 Å². The van der Waals surface area contributed by atoms with E-state index in [0.717, 1.165) is 19.3 Å². The molecule has 4 aliphatic rings. The summed E-state index contributed by atoms with van der Waals surface area (Å²) >= 11 is 0. The number of Topliss-reactive ketones (excluding diaryl/α,β-unsaturated/α-hetero) is 1. The van der Waals surface area contributed by atoms with Gasteiger partial charge in [0, 0.05) is 23.7 Å². The van der Waals surface area contributed by atoms with Gasteiger partial charge in [0.2, 0.25) is 0 Å². The topological polar surface area (TPSA) is 43.4 Å². The van der Waals surface area contributed by atoms with Crippen molar-refractivity contribution in [1.29, 1.82) is 0 Å². The molecule has 3 aliphatic carbocycles. The molecule has 2 unspecified atom stereocenters. The largest absolute Gasteiger partial charge is 0.461 e. The quantitative estimate of drug-likeness (QED) is 0.616. The number of esters is 1. The zero-order valence-corrected chi connectivity index (χ0v) is 8.99. The molecular weight excluding hydrogens is 192 g/mol. The Labute approximate surface area is 89.2 Å². The van der Waals surface area contributed by atoms with E-state index in [9.17, 15) is 9.59 Å². The number of carbonyl (C=O) groups excluding carboxylic acids is 2. The molecule has 0 aromatic heterocycles. The summed E-state index contributed by atoms with van der Waals surface area (Å²) in [6.45, 7) is 2.11. The van der Waals surface area contributed by atoms with E-state index in [4.69, 9.17) is 4.74 Å². The smallest absolute Gasteiger partial charge is 0.306 e. The monoisotopic (exact) mass is 208 g/mol. The van der Waals surface area contributed by atoms with Crippen LogP contribution in [0.15, 0.2) is 0 Å². The molecule has 2 bridgehead atoms. The minimum atomic E-state index is -0.0931. The van der Waals surface area contributed by atoms with E-state index in [1.165, 1.54) is 0 Å². The number of rotatable bonds is 1. The summed E-state index contributed by atoms with van der Waals surface area (Å²) in [4.78, 5) is 23.3. The van der Waals surface area contributed by atoms with Crippen molar-refractivity contribution in [3.8, 4) is 0 Å². The summed E-state index contributed by atoms with van der Waals surface area (Å²) in [6, 6.07) is 0. The Morgan fingerprint density at radius 3 is 2.93 bits per heavy atom. The van der Waals surface area contributed by atoms with Gasteiger partial charge in [0.15, 0.2) is 0 Å². The molecule has 15 heavy (non-hydrogen) atoms. The zero-order chi connectivity index (χ0) is 10.6. The summed E-state index contributed by atoms with van der Waals surface area (Å²) < 4.78 is 5.45. The van der Waals surface area contributed by atoms with E-state index < -0.39 is 0 Å². The molecule has 82 valence electrons. The maximum absolute atomic E-state index is 11.9. The molecule has 0 amide bonds. The highest BCUT2D eigenvalue weighted by Gasteiger charge is 2.60. The van der Waals surface area contributed by atoms with Crippen molar-refractivity contribution in [1.82, 2.24) is 0 Å². The highest BCUT2D eigenvalue weighted by molar-refractivity contribution is 5.86. The van der Waals surface area contributed by atoms with Gasteiger partial charge in [-0.1, -0.05) is 6.92 Å². The molecule has 1 saturated heterocycles. The van der Waals surface area contributed by atoms with Crippen LogP contribution in [0.4, 0.5) is 0 Å². The summed E-state index contributed by atoms with van der Waals surface area (Å²) in [5.41, 5.74) is -0.0112. The third kappa shape index (κ3) is 1.06. The van der Waals surface area contributed by atoms with Crippen LogP contribution >= 0.6 is 0 Å². The first-order valence-corrected chi connectivity index (χ1v) is 5.88. The predicted octanol–water partition coefficient (Wildman–Crippen LogP) is 1.70. The Balaban J connectivity index is 2.01. The number of fused-ring (bicyclic) bond motifs is 2. The van der Waals surface area contributed by atoms with Crippen LogP contribution in [0, 0.1) is 17.3 Å². The van der Waals surface area contributed by atoms with Gasteiger partial charge in [-0.05, 0) is 19.3 Å². The lowest BCUT2D eigenvalue weighted by atomic mass is 9.53. The lowest BCUT2D eigenvalue weighted by Crippen LogP contribution is -2.54. The molecule has 3 heteroatoms. The molecule has 1 aliphatic heterocycles. The molecule has 0 aromatic rings. The van der Waals surface area contributed by atoms with Crippen molar-refractivity contribution in [2.75, 3.05) is 0 Å². The van der Waals surface area contributed by atoms with Crippen LogP contribution in [-0.2, 0) is 14.3 Å². The summed E-state index contributed by atoms with van der Waals surface area (Å²) in [7, 11) is 0. The molecule has 4 fully saturated rings. The summed E-state index contributed by atoms with van der Waals surface area (Å²) in [5, 5.41) is 0. The fourth-order valence-electron chi connectivity index (χ4n) is 3.88. The SMILES string of the molecule is CCC12CCC(C(=O)C1)[C@H]1CC(=O)O[C@H]12. The van der Waals surface area contributed by atoms with Crippen molar-refractivity contribution in [2.45, 2.75) is 45.1 Å². The van der Waals surface area contributed by atoms with Gasteiger partial charge in [0.25, 0.3) is 0 Å². The zero-order valence-electron chi connectivity index (χ0n) is 8.99. The van der Waals surface area contributed by atoms with Gasteiger partial charge in [-0.3, -0.25) is 9.59 Å². The molecule has 0 radical (unpaired) electrons. The number of hydrogen-bond donors (Lipinski definition) is 0. The molecule has 3 nitrogen and oxygen atoms in total. The second-order valence-corrected chi connectivity index (χ2v) is 5.28. The third-order valence-electron chi connectivity index (χ3n) is 4.77. The highest BCUT2D eigenvalue weighted by atomic mass is 16.6. The minimum Gasteiger partial charge on any atom is -0.461 e. The number of ketones is 1. The second kappa shape index (κ2) is 2.83. The standard InChI is InChI=1S/C12H16O3/c1-2-12-4-3-7(9(13)6-12)8-5-10(14)15-11(8)12/h7-8,11H,2-6H2,1H3/t7?,8-,11-,12?/m1/s1. The Hall–Kier alpha value is -0.860. The van der Waals surface area contributed by atoms with E-state index in [0.29, 0.717) is 18.6 Å². The van der Waals surface area contributed by atoms with Gasteiger partial charge < -0.3 is 4.74 Å². The molecular formula is C12H16O3. The van der Waals surface area contributed by atoms with Gasteiger partial charge >= 0.3 is 5.97 Å². The summed E-state index contributed by atoms with van der Waals surface area (Å²) in [5.74, 6) is 0.606. The molecule has 3 saturated carbocycles. The average Bonchev–Trinajstić information content (AvgIpc) is 2.61. The Kier molecular flexibility index (Phi) is 1.77. The number of ether oxygens (including phenoxy) is 1. The van der Waals surface area contributed by atoms with Crippen LogP contribution in [0.2, 0.25) is 0 Å². The van der Waals surface area contributed by atoms with E-state index >= 15 is 0 Å². The van der Waals surface area contributed by atoms with E-state index in [2.05, 4.69) is 6.92 Å². The maximum Gasteiger partial charge on any atom is 0.306 e. The first-order valence-electron chi connectivity index (χ1n) is 5.88. The van der Waals surface area contributed by atoms with Crippen molar-refractivity contribution in [3.05, 3.63) is 0 Å². The van der Waals surface area contributed by atoms with Crippen LogP contribution in [0.25, 0.3) is 0 Å². The first-order chi connectivity index (χ1) is 7.16. The lowest BCUT2D eigenvalue weighted by Gasteiger charge is -2.51. The van der Waals surface area contributed by atoms with Crippen LogP contribution in [0.1, 0.15) is 39.0 Å². The Bertz CT molecular complexity index is 336. The fraction of sp³-hybridized carbons (Fsp3) is 0.833. The van der Waals surface area contributed by atoms with Crippen LogP contribution < -0.4 is 0 Å². The first kappa shape index (κ1) is 9.37. The van der Waals surface area contributed by atoms with Gasteiger partial charge in [-0.2, -0.15) is 0 Å². The van der Waals surface area contributed by atoms with Gasteiger partial charge in [-0.15, -0.1) is 0 Å². The van der Waals surface area contributed by atoms with Crippen molar-refractivity contribution in [3.63, 3.8) is 0 Å². The minimum absolute atomic E-state index is 0.0112. The number of carbonyl (C=O) groups is 2. The molecule has 1 heterocycles. The van der Waals surface area contributed by atoms with E-state index in [1.807, 2.05) is 0 Å². The molecule has 0 spiro atoms. The van der Waals surface area contributed by atoms with Crippen LogP contribution in [-0.4, -0.2) is 17.9 Å². The predicted molar refractivity (Wildman–Crippen MR) is 53.1 cm³/mol. The van der Waals surface area contributed by atoms with Crippen LogP contribution in [0.3, 0.4) is 0 Å². The average molecular weight is 208 g/mol. The normalized spacial score (nSPS) is 47.9. The van der Waals surface area contributed by atoms with E-state index in [1.54, 1.807) is 0 Å². The van der Waals surface area contributed by atoms with Crippen LogP contribution in [0.5, 0.6) is 0 Å². The fourth-order valence-corrected chi connectivity index (χ4v) is 3.88. The third-order valence-corrected chi connectivity index (χ3v) is 4.77. The maximum atomic E-state index is 11.9. The molecule has 4 rings (SSSR count). The van der Waals surface area contributed by atoms with Crippen molar-refractivity contribution >= 4 is 11.8 Å². The van der Waals surface area contributed by atoms with Crippen molar-refractivity contribution < 1.29 is 14.3 Å². The summed E-state index contributed by atoms with van der Waals surface area (Å²) in [6.07, 6.45) is 4.16. The Morgan fingerprint density at radius 1 is 1.47 bits per heavy atom. The van der Waals surface area contributed by atoms with Gasteiger partial charge in [0.1, 0.15) is 11.9 Å². The molecule has 4 atom stereocenters.